The molecular weight excluding hydrogens is 439 g/mol. The third-order valence-electron chi connectivity index (χ3n) is 5.30. The van der Waals surface area contributed by atoms with Crippen molar-refractivity contribution < 1.29 is 14.2 Å². The van der Waals surface area contributed by atoms with Crippen molar-refractivity contribution in [1.82, 2.24) is 15.0 Å². The summed E-state index contributed by atoms with van der Waals surface area (Å²) in [6.45, 7) is 4.34. The number of aromatic nitrogens is 3. The van der Waals surface area contributed by atoms with Crippen LogP contribution < -0.4 is 15.1 Å². The van der Waals surface area contributed by atoms with Crippen LogP contribution in [-0.2, 0) is 11.3 Å². The van der Waals surface area contributed by atoms with Crippen LogP contribution >= 0.6 is 0 Å². The molecule has 2 N–H and O–H groups in total. The van der Waals surface area contributed by atoms with E-state index < -0.39 is 5.82 Å². The van der Waals surface area contributed by atoms with E-state index in [1.807, 2.05) is 43.0 Å². The van der Waals surface area contributed by atoms with E-state index in [9.17, 15) is 9.50 Å². The predicted octanol–water partition coefficient (Wildman–Crippen LogP) is 3.95. The number of phenolic OH excluding ortho intramolecular Hbond substituents is 1. The number of aryl methyl sites for hydroxylation is 1. The van der Waals surface area contributed by atoms with Gasteiger partial charge in [0.05, 0.1) is 37.0 Å². The number of hydrogen-bond donors (Lipinski definition) is 2. The van der Waals surface area contributed by atoms with Crippen LogP contribution in [0.25, 0.3) is 0 Å². The lowest BCUT2D eigenvalue weighted by Gasteiger charge is -2.27. The van der Waals surface area contributed by atoms with Crippen LogP contribution in [-0.4, -0.2) is 60.5 Å². The van der Waals surface area contributed by atoms with Crippen molar-refractivity contribution in [2.45, 2.75) is 13.5 Å². The molecule has 1 saturated heterocycles. The van der Waals surface area contributed by atoms with Gasteiger partial charge in [0.25, 0.3) is 5.95 Å². The molecule has 34 heavy (non-hydrogen) atoms. The number of ether oxygens (including phenoxy) is 1. The number of morpholine rings is 1. The van der Waals surface area contributed by atoms with E-state index in [0.717, 1.165) is 34.5 Å². The van der Waals surface area contributed by atoms with Gasteiger partial charge < -0.3 is 25.0 Å². The van der Waals surface area contributed by atoms with Gasteiger partial charge in [-0.25, -0.2) is 9.37 Å². The van der Waals surface area contributed by atoms with Crippen molar-refractivity contribution in [3.8, 4) is 5.75 Å². The largest absolute Gasteiger partial charge is 0.508 e. The molecule has 1 aliphatic rings. The van der Waals surface area contributed by atoms with Gasteiger partial charge in [-0.2, -0.15) is 10.1 Å². The Labute approximate surface area is 197 Å². The minimum atomic E-state index is -0.495. The van der Waals surface area contributed by atoms with Crippen LogP contribution in [0, 0.1) is 12.7 Å². The van der Waals surface area contributed by atoms with Gasteiger partial charge in [-0.15, -0.1) is 5.11 Å². The number of nitrogens with one attached hydrogen (secondary N) is 1. The first kappa shape index (κ1) is 23.3. The van der Waals surface area contributed by atoms with Gasteiger partial charge in [-0.1, -0.05) is 0 Å². The zero-order chi connectivity index (χ0) is 24.1. The second-order valence-electron chi connectivity index (χ2n) is 8.09. The van der Waals surface area contributed by atoms with E-state index in [1.54, 1.807) is 18.3 Å². The molecule has 2 aromatic heterocycles. The van der Waals surface area contributed by atoms with Gasteiger partial charge in [0.2, 0.25) is 0 Å². The van der Waals surface area contributed by atoms with E-state index in [-0.39, 0.29) is 24.1 Å². The summed E-state index contributed by atoms with van der Waals surface area (Å²) in [7, 11) is 3.82. The molecule has 0 saturated carbocycles. The second-order valence-corrected chi connectivity index (χ2v) is 8.09. The molecule has 0 atom stereocenters. The number of pyridine rings is 1. The molecule has 0 radical (unpaired) electrons. The quantitative estimate of drug-likeness (QED) is 0.504. The fourth-order valence-corrected chi connectivity index (χ4v) is 3.49. The summed E-state index contributed by atoms with van der Waals surface area (Å²) < 4.78 is 19.5. The maximum absolute atomic E-state index is 14.2. The van der Waals surface area contributed by atoms with Crippen LogP contribution in [0.4, 0.5) is 33.2 Å². The van der Waals surface area contributed by atoms with Crippen LogP contribution in [0.3, 0.4) is 0 Å². The third kappa shape index (κ3) is 5.73. The number of nitrogens with zero attached hydrogens (tertiary/aromatic N) is 7. The highest BCUT2D eigenvalue weighted by atomic mass is 19.1. The zero-order valence-corrected chi connectivity index (χ0v) is 19.4. The van der Waals surface area contributed by atoms with Crippen LogP contribution in [0.15, 0.2) is 46.9 Å². The highest BCUT2D eigenvalue weighted by Gasteiger charge is 2.17. The lowest BCUT2D eigenvalue weighted by molar-refractivity contribution is 0.122. The van der Waals surface area contributed by atoms with Crippen molar-refractivity contribution in [1.29, 1.82) is 0 Å². The Balaban J connectivity index is 1.42. The maximum Gasteiger partial charge on any atom is 0.270 e. The zero-order valence-electron chi connectivity index (χ0n) is 19.4. The minimum Gasteiger partial charge on any atom is -0.508 e. The van der Waals surface area contributed by atoms with Gasteiger partial charge in [0, 0.05) is 50.7 Å². The molecule has 178 valence electrons. The van der Waals surface area contributed by atoms with Gasteiger partial charge in [-0.3, -0.25) is 4.98 Å². The summed E-state index contributed by atoms with van der Waals surface area (Å²) in [6.07, 6.45) is 2.81. The number of aromatic hydroxyl groups is 1. The van der Waals surface area contributed by atoms with Gasteiger partial charge in [0.1, 0.15) is 12.3 Å². The van der Waals surface area contributed by atoms with Crippen molar-refractivity contribution >= 4 is 28.8 Å². The Kier molecular flexibility index (Phi) is 7.12. The summed E-state index contributed by atoms with van der Waals surface area (Å²) in [5.41, 5.74) is 4.08. The van der Waals surface area contributed by atoms with Crippen LogP contribution in [0.1, 0.15) is 11.3 Å². The van der Waals surface area contributed by atoms with E-state index >= 15 is 0 Å². The predicted molar refractivity (Wildman–Crippen MR) is 128 cm³/mol. The molecule has 1 fully saturated rings. The number of benzene rings is 1. The SMILES string of the molecule is Cc1cc(Nc2cc(O)cc(N(C)C)c2)cnc1CN=Nc1ncc(F)c(N2CCOCC2)n1. The summed E-state index contributed by atoms with van der Waals surface area (Å²) in [5.74, 6) is -0.0122. The molecule has 1 aromatic carbocycles. The molecule has 3 aromatic rings. The van der Waals surface area contributed by atoms with Gasteiger partial charge in [-0.05, 0) is 24.6 Å². The highest BCUT2D eigenvalue weighted by molar-refractivity contribution is 5.67. The molecule has 0 bridgehead atoms. The summed E-state index contributed by atoms with van der Waals surface area (Å²) >= 11 is 0. The minimum absolute atomic E-state index is 0.0967. The number of hydrogen-bond acceptors (Lipinski definition) is 10. The first-order valence-electron chi connectivity index (χ1n) is 10.9. The fraction of sp³-hybridized carbons (Fsp3) is 0.348. The normalized spacial score (nSPS) is 13.9. The number of anilines is 4. The lowest BCUT2D eigenvalue weighted by Crippen LogP contribution is -2.37. The van der Waals surface area contributed by atoms with Crippen molar-refractivity contribution in [3.63, 3.8) is 0 Å². The molecule has 0 spiro atoms. The number of halogens is 1. The standard InChI is InChI=1S/C23H27FN8O2/c1-15-8-17(28-16-9-18(31(2)3)11-19(33)10-16)12-25-21(15)14-27-30-23-26-13-20(24)22(29-23)32-4-6-34-7-5-32/h8-13,28,33H,4-7,14H2,1-3H3. The van der Waals surface area contributed by atoms with E-state index in [0.29, 0.717) is 26.3 Å². The second kappa shape index (κ2) is 10.4. The molecular formula is C23H27FN8O2. The smallest absolute Gasteiger partial charge is 0.270 e. The third-order valence-corrected chi connectivity index (χ3v) is 5.30. The lowest BCUT2D eigenvalue weighted by atomic mass is 10.2. The topological polar surface area (TPSA) is 111 Å². The summed E-state index contributed by atoms with van der Waals surface area (Å²) in [4.78, 5) is 16.3. The Morgan fingerprint density at radius 3 is 2.65 bits per heavy atom. The summed E-state index contributed by atoms with van der Waals surface area (Å²) in [6, 6.07) is 7.23. The van der Waals surface area contributed by atoms with Crippen molar-refractivity contribution in [3.05, 3.63) is 53.7 Å². The average Bonchev–Trinajstić information content (AvgIpc) is 2.81. The first-order valence-corrected chi connectivity index (χ1v) is 10.9. The molecule has 0 aliphatic carbocycles. The molecule has 10 nitrogen and oxygen atoms in total. The summed E-state index contributed by atoms with van der Waals surface area (Å²) in [5, 5.41) is 21.4. The van der Waals surface area contributed by atoms with Gasteiger partial charge >= 0.3 is 0 Å². The molecule has 0 amide bonds. The van der Waals surface area contributed by atoms with Crippen molar-refractivity contribution in [2.75, 3.05) is 55.5 Å². The number of rotatable bonds is 7. The maximum atomic E-state index is 14.2. The van der Waals surface area contributed by atoms with Crippen LogP contribution in [0.5, 0.6) is 5.75 Å². The Morgan fingerprint density at radius 2 is 1.91 bits per heavy atom. The Hall–Kier alpha value is -3.86. The number of phenols is 1. The van der Waals surface area contributed by atoms with Crippen molar-refractivity contribution in [2.24, 2.45) is 10.2 Å². The average molecular weight is 467 g/mol. The molecule has 0 unspecified atom stereocenters. The fourth-order valence-electron chi connectivity index (χ4n) is 3.49. The van der Waals surface area contributed by atoms with E-state index in [4.69, 9.17) is 4.74 Å². The molecule has 4 rings (SSSR count). The molecule has 1 aliphatic heterocycles. The van der Waals surface area contributed by atoms with Crippen LogP contribution in [0.2, 0.25) is 0 Å². The van der Waals surface area contributed by atoms with E-state index in [1.165, 1.54) is 0 Å². The molecule has 3 heterocycles. The highest BCUT2D eigenvalue weighted by Crippen LogP contribution is 2.28. The monoisotopic (exact) mass is 466 g/mol. The number of azo groups is 1. The Morgan fingerprint density at radius 1 is 1.12 bits per heavy atom. The Bertz CT molecular complexity index is 1180. The van der Waals surface area contributed by atoms with E-state index in [2.05, 4.69) is 30.5 Å². The first-order chi connectivity index (χ1) is 16.4. The molecule has 11 heteroatoms. The van der Waals surface area contributed by atoms with Gasteiger partial charge in [0.15, 0.2) is 11.6 Å².